The maximum absolute atomic E-state index is 13.0. The molecule has 6 nitrogen and oxygen atoms in total. The summed E-state index contributed by atoms with van der Waals surface area (Å²) < 4.78 is 38.4. The number of aryl methyl sites for hydroxylation is 1. The van der Waals surface area contributed by atoms with E-state index in [1.54, 1.807) is 41.7 Å². The Bertz CT molecular complexity index is 1390. The number of benzene rings is 3. The number of thiazole rings is 1. The van der Waals surface area contributed by atoms with Gasteiger partial charge in [-0.2, -0.15) is 4.72 Å². The third kappa shape index (κ3) is 4.40. The number of hydrogen-bond acceptors (Lipinski definition) is 7. The standard InChI is InChI=1S/C22H16ClN3O3S3/c1-13-24-18-9-7-16(12-21(18)30-13)31(27)25-17-8-6-15(23)11-19(17)26-32(28)22-10-14-4-2-3-5-20(14)29-22/h2-12,25-26H,1H3. The number of halogens is 1. The number of furan rings is 1. The van der Waals surface area contributed by atoms with Crippen molar-refractivity contribution < 1.29 is 13.5 Å². The monoisotopic (exact) mass is 501 g/mol. The molecule has 0 bridgehead atoms. The molecular weight excluding hydrogens is 486 g/mol. The summed E-state index contributed by atoms with van der Waals surface area (Å²) in [5, 5.41) is 2.54. The first kappa shape index (κ1) is 21.4. The maximum atomic E-state index is 13.0. The van der Waals surface area contributed by atoms with Crippen molar-refractivity contribution in [2.75, 3.05) is 9.44 Å². The van der Waals surface area contributed by atoms with E-state index in [-0.39, 0.29) is 5.09 Å². The van der Waals surface area contributed by atoms with Crippen molar-refractivity contribution in [3.8, 4) is 0 Å². The van der Waals surface area contributed by atoms with E-state index in [1.807, 2.05) is 43.3 Å². The van der Waals surface area contributed by atoms with Gasteiger partial charge in [0, 0.05) is 22.5 Å². The smallest absolute Gasteiger partial charge is 0.339 e. The van der Waals surface area contributed by atoms with Crippen LogP contribution in [0.2, 0.25) is 5.02 Å². The van der Waals surface area contributed by atoms with E-state index in [2.05, 4.69) is 14.4 Å². The second-order valence-electron chi connectivity index (χ2n) is 6.90. The number of rotatable bonds is 6. The molecule has 2 atom stereocenters. The minimum atomic E-state index is -1.68. The molecule has 2 N–H and O–H groups in total. The van der Waals surface area contributed by atoms with Crippen LogP contribution in [0.5, 0.6) is 0 Å². The molecule has 5 rings (SSSR count). The molecular formula is C22H16ClN3O3S3. The van der Waals surface area contributed by atoms with Gasteiger partial charge in [-0.1, -0.05) is 29.8 Å². The fraction of sp³-hybridized carbons (Fsp3) is 0.0455. The van der Waals surface area contributed by atoms with Crippen LogP contribution in [-0.4, -0.2) is 14.1 Å². The molecule has 0 saturated carbocycles. The average Bonchev–Trinajstić information content (AvgIpc) is 3.37. The second kappa shape index (κ2) is 8.86. The van der Waals surface area contributed by atoms with Crippen LogP contribution in [0.3, 0.4) is 0 Å². The molecule has 0 aliphatic rings. The highest BCUT2D eigenvalue weighted by molar-refractivity contribution is 7.93. The van der Waals surface area contributed by atoms with Crippen molar-refractivity contribution in [3.63, 3.8) is 0 Å². The molecule has 2 aromatic heterocycles. The minimum Gasteiger partial charge on any atom is -0.588 e. The first-order valence-electron chi connectivity index (χ1n) is 9.48. The first-order chi connectivity index (χ1) is 15.5. The summed E-state index contributed by atoms with van der Waals surface area (Å²) in [6, 6.07) is 19.6. The van der Waals surface area contributed by atoms with Gasteiger partial charge < -0.3 is 13.5 Å². The van der Waals surface area contributed by atoms with Crippen LogP contribution in [0.25, 0.3) is 21.2 Å². The lowest BCUT2D eigenvalue weighted by Gasteiger charge is -2.16. The molecule has 5 aromatic rings. The van der Waals surface area contributed by atoms with E-state index in [0.29, 0.717) is 26.9 Å². The van der Waals surface area contributed by atoms with E-state index in [9.17, 15) is 9.11 Å². The third-order valence-electron chi connectivity index (χ3n) is 4.65. The Morgan fingerprint density at radius 2 is 1.75 bits per heavy atom. The lowest BCUT2D eigenvalue weighted by atomic mass is 10.3. The molecule has 2 heterocycles. The topological polar surface area (TPSA) is 96.2 Å². The maximum Gasteiger partial charge on any atom is 0.339 e. The van der Waals surface area contributed by atoms with Crippen molar-refractivity contribution in [3.05, 3.63) is 76.8 Å². The zero-order valence-electron chi connectivity index (χ0n) is 16.6. The number of fused-ring (bicyclic) bond motifs is 2. The largest absolute Gasteiger partial charge is 0.588 e. The number of nitrogens with one attached hydrogen (secondary N) is 2. The predicted molar refractivity (Wildman–Crippen MR) is 132 cm³/mol. The van der Waals surface area contributed by atoms with E-state index in [1.165, 1.54) is 0 Å². The van der Waals surface area contributed by atoms with Crippen molar-refractivity contribution in [1.82, 2.24) is 4.98 Å². The summed E-state index contributed by atoms with van der Waals surface area (Å²) in [6.45, 7) is 1.94. The fourth-order valence-electron chi connectivity index (χ4n) is 3.18. The fourth-order valence-corrected chi connectivity index (χ4v) is 6.08. The quantitative estimate of drug-likeness (QED) is 0.266. The number of para-hydroxylation sites is 1. The summed E-state index contributed by atoms with van der Waals surface area (Å²) in [7, 11) is 0. The lowest BCUT2D eigenvalue weighted by molar-refractivity contribution is 0.484. The van der Waals surface area contributed by atoms with Gasteiger partial charge in [0.25, 0.3) is 0 Å². The highest BCUT2D eigenvalue weighted by Gasteiger charge is 2.22. The van der Waals surface area contributed by atoms with Gasteiger partial charge in [0.1, 0.15) is 39.7 Å². The lowest BCUT2D eigenvalue weighted by Crippen LogP contribution is -2.17. The van der Waals surface area contributed by atoms with Crippen LogP contribution in [0.15, 0.2) is 81.1 Å². The molecule has 0 aliphatic heterocycles. The van der Waals surface area contributed by atoms with Gasteiger partial charge in [-0.05, 0) is 43.3 Å². The molecule has 32 heavy (non-hydrogen) atoms. The van der Waals surface area contributed by atoms with E-state index in [4.69, 9.17) is 16.0 Å². The molecule has 2 unspecified atom stereocenters. The van der Waals surface area contributed by atoms with Crippen LogP contribution >= 0.6 is 22.9 Å². The van der Waals surface area contributed by atoms with E-state index >= 15 is 0 Å². The van der Waals surface area contributed by atoms with Crippen LogP contribution in [0.4, 0.5) is 11.4 Å². The number of aromatic nitrogens is 1. The summed E-state index contributed by atoms with van der Waals surface area (Å²) in [5.74, 6) is 0. The van der Waals surface area contributed by atoms with Crippen LogP contribution < -0.4 is 9.44 Å². The molecule has 0 radical (unpaired) electrons. The summed E-state index contributed by atoms with van der Waals surface area (Å²) >= 11 is 4.48. The first-order valence-corrected chi connectivity index (χ1v) is 13.0. The summed E-state index contributed by atoms with van der Waals surface area (Å²) in [6.07, 6.45) is 0. The predicted octanol–water partition coefficient (Wildman–Crippen LogP) is 6.27. The van der Waals surface area contributed by atoms with Gasteiger partial charge in [0.15, 0.2) is 4.90 Å². The van der Waals surface area contributed by atoms with Gasteiger partial charge in [-0.25, -0.2) is 9.71 Å². The zero-order valence-corrected chi connectivity index (χ0v) is 19.8. The number of hydrogen-bond donors (Lipinski definition) is 2. The van der Waals surface area contributed by atoms with Gasteiger partial charge in [0.2, 0.25) is 0 Å². The summed E-state index contributed by atoms with van der Waals surface area (Å²) in [4.78, 5) is 5.04. The average molecular weight is 502 g/mol. The Kier molecular flexibility index (Phi) is 5.93. The number of nitrogens with zero attached hydrogens (tertiary/aromatic N) is 1. The SMILES string of the molecule is Cc1nc2ccc([S+]([O-])Nc3ccc(Cl)cc3N[S+]([O-])c3cc4ccccc4o3)cc2s1. The summed E-state index contributed by atoms with van der Waals surface area (Å²) in [5.41, 5.74) is 2.47. The van der Waals surface area contributed by atoms with Gasteiger partial charge >= 0.3 is 5.09 Å². The Morgan fingerprint density at radius 1 is 0.938 bits per heavy atom. The van der Waals surface area contributed by atoms with E-state index in [0.717, 1.165) is 20.6 Å². The molecule has 3 aromatic carbocycles. The molecule has 10 heteroatoms. The Balaban J connectivity index is 1.39. The van der Waals surface area contributed by atoms with Crippen LogP contribution in [0, 0.1) is 6.92 Å². The molecule has 0 saturated heterocycles. The Labute approximate surface area is 199 Å². The highest BCUT2D eigenvalue weighted by atomic mass is 35.5. The Hall–Kier alpha value is -2.40. The zero-order chi connectivity index (χ0) is 22.2. The molecule has 0 fully saturated rings. The molecule has 162 valence electrons. The molecule has 0 amide bonds. The minimum absolute atomic E-state index is 0.282. The van der Waals surface area contributed by atoms with Gasteiger partial charge in [-0.15, -0.1) is 11.3 Å². The van der Waals surface area contributed by atoms with E-state index < -0.39 is 22.7 Å². The number of anilines is 2. The van der Waals surface area contributed by atoms with Crippen molar-refractivity contribution in [1.29, 1.82) is 0 Å². The third-order valence-corrected chi connectivity index (χ3v) is 7.88. The van der Waals surface area contributed by atoms with Gasteiger partial charge in [-0.3, -0.25) is 0 Å². The molecule has 0 aliphatic carbocycles. The van der Waals surface area contributed by atoms with Crippen LogP contribution in [0.1, 0.15) is 5.01 Å². The second-order valence-corrected chi connectivity index (χ2v) is 10.9. The van der Waals surface area contributed by atoms with Gasteiger partial charge in [0.05, 0.1) is 15.2 Å². The van der Waals surface area contributed by atoms with Crippen LogP contribution in [-0.2, 0) is 22.7 Å². The normalized spacial score (nSPS) is 13.4. The highest BCUT2D eigenvalue weighted by Crippen LogP contribution is 2.32. The van der Waals surface area contributed by atoms with Crippen molar-refractivity contribution >= 4 is 78.2 Å². The Morgan fingerprint density at radius 3 is 2.59 bits per heavy atom. The molecule has 0 spiro atoms. The van der Waals surface area contributed by atoms with Crippen molar-refractivity contribution in [2.24, 2.45) is 0 Å². The van der Waals surface area contributed by atoms with Crippen molar-refractivity contribution in [2.45, 2.75) is 16.9 Å².